The van der Waals surface area contributed by atoms with E-state index in [1.54, 1.807) is 19.2 Å². The Balaban J connectivity index is 1.50. The molecule has 2 N–H and O–H groups in total. The fourth-order valence-corrected chi connectivity index (χ4v) is 2.93. The highest BCUT2D eigenvalue weighted by atomic mass is 35.5. The molecule has 0 radical (unpaired) electrons. The van der Waals surface area contributed by atoms with E-state index < -0.39 is 0 Å². The Morgan fingerprint density at radius 3 is 2.65 bits per heavy atom. The van der Waals surface area contributed by atoms with Gasteiger partial charge >= 0.3 is 0 Å². The van der Waals surface area contributed by atoms with Crippen LogP contribution in [0.1, 0.15) is 11.1 Å². The van der Waals surface area contributed by atoms with Crippen LogP contribution in [0.2, 0.25) is 5.02 Å². The van der Waals surface area contributed by atoms with Gasteiger partial charge in [0.25, 0.3) is 0 Å². The fraction of sp³-hybridized carbons (Fsp3) is 0.316. The summed E-state index contributed by atoms with van der Waals surface area (Å²) in [5, 5.41) is 7.01. The zero-order valence-electron chi connectivity index (χ0n) is 14.5. The quantitative estimate of drug-likeness (QED) is 0.621. The molecule has 0 saturated carbocycles. The fourth-order valence-electron chi connectivity index (χ4n) is 2.64. The van der Waals surface area contributed by atoms with Crippen LogP contribution >= 0.6 is 11.6 Å². The van der Waals surface area contributed by atoms with Crippen LogP contribution in [0.4, 0.5) is 4.39 Å². The van der Waals surface area contributed by atoms with E-state index in [0.717, 1.165) is 17.5 Å². The van der Waals surface area contributed by atoms with E-state index in [1.807, 2.05) is 12.1 Å². The number of aliphatic imine (C=N–C) groups is 1. The van der Waals surface area contributed by atoms with Crippen LogP contribution in [0.3, 0.4) is 0 Å². The van der Waals surface area contributed by atoms with Gasteiger partial charge in [0.05, 0.1) is 5.02 Å². The molecule has 0 unspecified atom stereocenters. The second-order valence-electron chi connectivity index (χ2n) is 5.83. The van der Waals surface area contributed by atoms with E-state index >= 15 is 0 Å². The van der Waals surface area contributed by atoms with Gasteiger partial charge in [0, 0.05) is 20.1 Å². The second kappa shape index (κ2) is 8.76. The molecule has 0 atom stereocenters. The number of guanidine groups is 1. The molecule has 2 aromatic rings. The summed E-state index contributed by atoms with van der Waals surface area (Å²) in [5.41, 5.74) is 2.04. The topological polar surface area (TPSA) is 54.9 Å². The molecule has 26 heavy (non-hydrogen) atoms. The van der Waals surface area contributed by atoms with Crippen LogP contribution in [0.15, 0.2) is 41.4 Å². The summed E-state index contributed by atoms with van der Waals surface area (Å²) in [6.07, 6.45) is 0.758. The summed E-state index contributed by atoms with van der Waals surface area (Å²) in [4.78, 5) is 4.19. The van der Waals surface area contributed by atoms with Gasteiger partial charge in [-0.25, -0.2) is 4.39 Å². The second-order valence-corrected chi connectivity index (χ2v) is 6.24. The highest BCUT2D eigenvalue weighted by molar-refractivity contribution is 6.32. The molecule has 0 bridgehead atoms. The van der Waals surface area contributed by atoms with Gasteiger partial charge in [0.15, 0.2) is 17.5 Å². The minimum atomic E-state index is -0.241. The first-order valence-electron chi connectivity index (χ1n) is 8.42. The van der Waals surface area contributed by atoms with E-state index in [0.29, 0.717) is 48.8 Å². The van der Waals surface area contributed by atoms with E-state index in [1.165, 1.54) is 12.1 Å². The Kier molecular flexibility index (Phi) is 6.17. The first kappa shape index (κ1) is 18.3. The molecule has 7 heteroatoms. The minimum absolute atomic E-state index is 0.241. The number of fused-ring (bicyclic) bond motifs is 1. The van der Waals surface area contributed by atoms with E-state index in [4.69, 9.17) is 21.1 Å². The Bertz CT molecular complexity index is 781. The molecule has 0 spiro atoms. The Hall–Kier alpha value is -2.47. The summed E-state index contributed by atoms with van der Waals surface area (Å²) in [6.45, 7) is 2.30. The SMILES string of the molecule is CN=C(NCCc1cc(Cl)c2c(c1)OCCO2)NCc1ccc(F)cc1. The molecule has 0 aromatic heterocycles. The number of nitrogens with one attached hydrogen (secondary N) is 2. The number of halogens is 2. The predicted molar refractivity (Wildman–Crippen MR) is 101 cm³/mol. The summed E-state index contributed by atoms with van der Waals surface area (Å²) in [5.74, 6) is 1.75. The van der Waals surface area contributed by atoms with Gasteiger partial charge in [-0.15, -0.1) is 0 Å². The average molecular weight is 378 g/mol. The maximum absolute atomic E-state index is 12.9. The maximum Gasteiger partial charge on any atom is 0.191 e. The van der Waals surface area contributed by atoms with E-state index in [-0.39, 0.29) is 5.82 Å². The summed E-state index contributed by atoms with van der Waals surface area (Å²) in [6, 6.07) is 10.2. The van der Waals surface area contributed by atoms with Gasteiger partial charge in [-0.1, -0.05) is 23.7 Å². The van der Waals surface area contributed by atoms with Gasteiger partial charge in [-0.2, -0.15) is 0 Å². The molecule has 138 valence electrons. The zero-order valence-corrected chi connectivity index (χ0v) is 15.3. The summed E-state index contributed by atoms with van der Waals surface area (Å²) in [7, 11) is 1.71. The molecule has 1 heterocycles. The van der Waals surface area contributed by atoms with Crippen molar-refractivity contribution in [2.45, 2.75) is 13.0 Å². The number of nitrogens with zero attached hydrogens (tertiary/aromatic N) is 1. The van der Waals surface area contributed by atoms with Crippen molar-refractivity contribution in [3.8, 4) is 11.5 Å². The molecule has 1 aliphatic rings. The third kappa shape index (κ3) is 4.79. The molecular formula is C19H21ClFN3O2. The maximum atomic E-state index is 12.9. The average Bonchev–Trinajstić information content (AvgIpc) is 2.66. The lowest BCUT2D eigenvalue weighted by molar-refractivity contribution is 0.171. The Morgan fingerprint density at radius 2 is 1.88 bits per heavy atom. The van der Waals surface area contributed by atoms with Gasteiger partial charge < -0.3 is 20.1 Å². The van der Waals surface area contributed by atoms with Crippen molar-refractivity contribution in [3.05, 3.63) is 58.4 Å². The standard InChI is InChI=1S/C19H21ClFN3O2/c1-22-19(24-12-13-2-4-15(21)5-3-13)23-7-6-14-10-16(20)18-17(11-14)25-8-9-26-18/h2-5,10-11H,6-9,12H2,1H3,(H2,22,23,24). The van der Waals surface area contributed by atoms with Crippen molar-refractivity contribution >= 4 is 17.6 Å². The molecule has 0 saturated heterocycles. The lowest BCUT2D eigenvalue weighted by Crippen LogP contribution is -2.37. The van der Waals surface area contributed by atoms with Crippen molar-refractivity contribution < 1.29 is 13.9 Å². The van der Waals surface area contributed by atoms with Gasteiger partial charge in [-0.3, -0.25) is 4.99 Å². The Morgan fingerprint density at radius 1 is 1.12 bits per heavy atom. The number of ether oxygens (including phenoxy) is 2. The van der Waals surface area contributed by atoms with Gasteiger partial charge in [0.2, 0.25) is 0 Å². The number of rotatable bonds is 5. The minimum Gasteiger partial charge on any atom is -0.486 e. The molecule has 0 aliphatic carbocycles. The van der Waals surface area contributed by atoms with Gasteiger partial charge in [0.1, 0.15) is 19.0 Å². The third-order valence-electron chi connectivity index (χ3n) is 3.96. The first-order valence-corrected chi connectivity index (χ1v) is 8.80. The lowest BCUT2D eigenvalue weighted by Gasteiger charge is -2.20. The summed E-state index contributed by atoms with van der Waals surface area (Å²) >= 11 is 6.26. The zero-order chi connectivity index (χ0) is 18.4. The Labute approximate surface area is 157 Å². The molecule has 1 aliphatic heterocycles. The van der Waals surface area contributed by atoms with Crippen LogP contribution in [-0.2, 0) is 13.0 Å². The lowest BCUT2D eigenvalue weighted by atomic mass is 10.1. The molecule has 0 amide bonds. The van der Waals surface area contributed by atoms with Crippen molar-refractivity contribution in [1.29, 1.82) is 0 Å². The monoisotopic (exact) mass is 377 g/mol. The van der Waals surface area contributed by atoms with Crippen LogP contribution in [0.25, 0.3) is 0 Å². The largest absolute Gasteiger partial charge is 0.486 e. The van der Waals surface area contributed by atoms with Crippen LogP contribution < -0.4 is 20.1 Å². The molecule has 0 fully saturated rings. The number of benzene rings is 2. The van der Waals surface area contributed by atoms with E-state index in [2.05, 4.69) is 15.6 Å². The van der Waals surface area contributed by atoms with Crippen molar-refractivity contribution in [2.24, 2.45) is 4.99 Å². The normalized spacial score (nSPS) is 13.4. The van der Waals surface area contributed by atoms with Crippen LogP contribution in [0, 0.1) is 5.82 Å². The van der Waals surface area contributed by atoms with Crippen molar-refractivity contribution in [2.75, 3.05) is 26.8 Å². The van der Waals surface area contributed by atoms with Crippen molar-refractivity contribution in [3.63, 3.8) is 0 Å². The van der Waals surface area contributed by atoms with Gasteiger partial charge in [-0.05, 0) is 41.8 Å². The van der Waals surface area contributed by atoms with Crippen LogP contribution in [-0.4, -0.2) is 32.8 Å². The molecule has 2 aromatic carbocycles. The number of hydrogen-bond acceptors (Lipinski definition) is 3. The molecule has 3 rings (SSSR count). The highest BCUT2D eigenvalue weighted by Gasteiger charge is 2.16. The predicted octanol–water partition coefficient (Wildman–Crippen LogP) is 3.16. The molecule has 5 nitrogen and oxygen atoms in total. The first-order chi connectivity index (χ1) is 12.7. The molecular weight excluding hydrogens is 357 g/mol. The van der Waals surface area contributed by atoms with Crippen LogP contribution in [0.5, 0.6) is 11.5 Å². The van der Waals surface area contributed by atoms with E-state index in [9.17, 15) is 4.39 Å². The smallest absolute Gasteiger partial charge is 0.191 e. The third-order valence-corrected chi connectivity index (χ3v) is 4.24. The summed E-state index contributed by atoms with van der Waals surface area (Å²) < 4.78 is 24.1. The van der Waals surface area contributed by atoms with Crippen molar-refractivity contribution in [1.82, 2.24) is 10.6 Å². The highest BCUT2D eigenvalue weighted by Crippen LogP contribution is 2.38. The number of hydrogen-bond donors (Lipinski definition) is 2.